The minimum absolute atomic E-state index is 1.00. The molecule has 0 saturated heterocycles. The van der Waals surface area contributed by atoms with Crippen LogP contribution in [0.15, 0.2) is 29.6 Å². The zero-order chi connectivity index (χ0) is 11.0. The second kappa shape index (κ2) is 7.54. The molecule has 1 aromatic heterocycles. The lowest BCUT2D eigenvalue weighted by Crippen LogP contribution is -1.63. The molecule has 0 fully saturated rings. The van der Waals surface area contributed by atoms with E-state index >= 15 is 0 Å². The van der Waals surface area contributed by atoms with Crippen LogP contribution >= 0.6 is 11.3 Å². The van der Waals surface area contributed by atoms with Crippen LogP contribution in [0.4, 0.5) is 0 Å². The molecule has 0 bridgehead atoms. The van der Waals surface area contributed by atoms with Crippen LogP contribution in [-0.4, -0.2) is 12.2 Å². The summed E-state index contributed by atoms with van der Waals surface area (Å²) in [5, 5.41) is 10.6. The van der Waals surface area contributed by atoms with Crippen LogP contribution in [0, 0.1) is 6.92 Å². The summed E-state index contributed by atoms with van der Waals surface area (Å²) in [6.07, 6.45) is 0. The van der Waals surface area contributed by atoms with Crippen LogP contribution in [0.3, 0.4) is 0 Å². The van der Waals surface area contributed by atoms with Crippen LogP contribution in [0.2, 0.25) is 0 Å². The Morgan fingerprint density at radius 2 is 1.64 bits per heavy atom. The SMILES string of the molecule is CC.CO.Cc1csc2ccccc12. The summed E-state index contributed by atoms with van der Waals surface area (Å²) in [4.78, 5) is 0. The van der Waals surface area contributed by atoms with Gasteiger partial charge in [-0.05, 0) is 29.3 Å². The average Bonchev–Trinajstić information content (AvgIpc) is 2.67. The molecule has 0 atom stereocenters. The van der Waals surface area contributed by atoms with Crippen molar-refractivity contribution in [2.24, 2.45) is 0 Å². The summed E-state index contributed by atoms with van der Waals surface area (Å²) in [6, 6.07) is 8.49. The standard InChI is InChI=1S/C9H8S.C2H6.CH4O/c1-7-6-10-9-5-3-2-4-8(7)9;2*1-2/h2-6H,1H3;1-2H3;2H,1H3. The summed E-state index contributed by atoms with van der Waals surface area (Å²) < 4.78 is 1.39. The minimum atomic E-state index is 1.00. The van der Waals surface area contributed by atoms with Gasteiger partial charge in [0.25, 0.3) is 0 Å². The Hall–Kier alpha value is -0.860. The fourth-order valence-electron chi connectivity index (χ4n) is 1.11. The topological polar surface area (TPSA) is 20.2 Å². The van der Waals surface area contributed by atoms with E-state index in [2.05, 4.69) is 36.6 Å². The molecule has 78 valence electrons. The summed E-state index contributed by atoms with van der Waals surface area (Å²) in [5.74, 6) is 0. The maximum absolute atomic E-state index is 7.00. The highest BCUT2D eigenvalue weighted by molar-refractivity contribution is 7.17. The highest BCUT2D eigenvalue weighted by Crippen LogP contribution is 2.24. The van der Waals surface area contributed by atoms with Crippen LogP contribution in [0.5, 0.6) is 0 Å². The molecule has 0 saturated carbocycles. The molecule has 1 heterocycles. The molecule has 0 amide bonds. The molecule has 0 aliphatic carbocycles. The van der Waals surface area contributed by atoms with Gasteiger partial charge < -0.3 is 5.11 Å². The van der Waals surface area contributed by atoms with Crippen molar-refractivity contribution >= 4 is 21.4 Å². The van der Waals surface area contributed by atoms with Gasteiger partial charge in [-0.3, -0.25) is 0 Å². The van der Waals surface area contributed by atoms with Crippen molar-refractivity contribution in [2.45, 2.75) is 20.8 Å². The van der Waals surface area contributed by atoms with Gasteiger partial charge in [0, 0.05) is 11.8 Å². The van der Waals surface area contributed by atoms with E-state index in [0.29, 0.717) is 0 Å². The number of hydrogen-bond acceptors (Lipinski definition) is 2. The lowest BCUT2D eigenvalue weighted by atomic mass is 10.2. The van der Waals surface area contributed by atoms with E-state index in [1.807, 2.05) is 25.2 Å². The van der Waals surface area contributed by atoms with Gasteiger partial charge in [0.15, 0.2) is 0 Å². The van der Waals surface area contributed by atoms with Crippen molar-refractivity contribution in [3.63, 3.8) is 0 Å². The fraction of sp³-hybridized carbons (Fsp3) is 0.333. The second-order valence-corrected chi connectivity index (χ2v) is 3.33. The molecule has 0 aliphatic heterocycles. The largest absolute Gasteiger partial charge is 0.400 e. The predicted octanol–water partition coefficient (Wildman–Crippen LogP) is 3.84. The van der Waals surface area contributed by atoms with E-state index in [1.165, 1.54) is 15.6 Å². The first kappa shape index (κ1) is 13.1. The van der Waals surface area contributed by atoms with Gasteiger partial charge in [0.1, 0.15) is 0 Å². The first-order valence-corrected chi connectivity index (χ1v) is 5.63. The lowest BCUT2D eigenvalue weighted by molar-refractivity contribution is 0.399. The molecule has 14 heavy (non-hydrogen) atoms. The summed E-state index contributed by atoms with van der Waals surface area (Å²) in [6.45, 7) is 6.15. The third kappa shape index (κ3) is 3.13. The number of aryl methyl sites for hydroxylation is 1. The molecular formula is C12H18OS. The number of aliphatic hydroxyl groups excluding tert-OH is 1. The van der Waals surface area contributed by atoms with Crippen molar-refractivity contribution in [1.29, 1.82) is 0 Å². The van der Waals surface area contributed by atoms with Crippen molar-refractivity contribution in [3.8, 4) is 0 Å². The molecular weight excluding hydrogens is 192 g/mol. The van der Waals surface area contributed by atoms with Gasteiger partial charge in [-0.2, -0.15) is 0 Å². The molecule has 0 radical (unpaired) electrons. The van der Waals surface area contributed by atoms with Crippen molar-refractivity contribution < 1.29 is 5.11 Å². The number of aliphatic hydroxyl groups is 1. The van der Waals surface area contributed by atoms with E-state index in [4.69, 9.17) is 5.11 Å². The molecule has 1 N–H and O–H groups in total. The summed E-state index contributed by atoms with van der Waals surface area (Å²) in [5.41, 5.74) is 1.39. The first-order chi connectivity index (χ1) is 6.88. The monoisotopic (exact) mass is 210 g/mol. The smallest absolute Gasteiger partial charge is 0.0345 e. The molecule has 0 aliphatic rings. The second-order valence-electron chi connectivity index (χ2n) is 2.41. The predicted molar refractivity (Wildman–Crippen MR) is 66.1 cm³/mol. The van der Waals surface area contributed by atoms with E-state index in [9.17, 15) is 0 Å². The molecule has 1 aromatic carbocycles. The maximum atomic E-state index is 7.00. The normalized spacial score (nSPS) is 8.36. The molecule has 2 rings (SSSR count). The highest BCUT2D eigenvalue weighted by Gasteiger charge is 1.95. The Labute approximate surface area is 90.0 Å². The van der Waals surface area contributed by atoms with E-state index < -0.39 is 0 Å². The maximum Gasteiger partial charge on any atom is 0.0345 e. The Morgan fingerprint density at radius 1 is 1.07 bits per heavy atom. The fourth-order valence-corrected chi connectivity index (χ4v) is 2.05. The average molecular weight is 210 g/mol. The Balaban J connectivity index is 0.000000379. The third-order valence-electron chi connectivity index (χ3n) is 1.67. The molecule has 1 nitrogen and oxygen atoms in total. The highest BCUT2D eigenvalue weighted by atomic mass is 32.1. The number of thiophene rings is 1. The summed E-state index contributed by atoms with van der Waals surface area (Å²) in [7, 11) is 1.00. The van der Waals surface area contributed by atoms with Gasteiger partial charge in [-0.1, -0.05) is 32.0 Å². The van der Waals surface area contributed by atoms with Crippen LogP contribution < -0.4 is 0 Å². The minimum Gasteiger partial charge on any atom is -0.400 e. The van der Waals surface area contributed by atoms with Crippen molar-refractivity contribution in [3.05, 3.63) is 35.2 Å². The Kier molecular flexibility index (Phi) is 7.07. The van der Waals surface area contributed by atoms with E-state index in [0.717, 1.165) is 7.11 Å². The number of benzene rings is 1. The quantitative estimate of drug-likeness (QED) is 0.700. The van der Waals surface area contributed by atoms with Gasteiger partial charge in [0.2, 0.25) is 0 Å². The van der Waals surface area contributed by atoms with E-state index in [1.54, 1.807) is 0 Å². The zero-order valence-electron chi connectivity index (χ0n) is 9.24. The Bertz CT molecular complexity index is 352. The van der Waals surface area contributed by atoms with Gasteiger partial charge in [-0.25, -0.2) is 0 Å². The molecule has 0 unspecified atom stereocenters. The third-order valence-corrected chi connectivity index (χ3v) is 2.76. The van der Waals surface area contributed by atoms with E-state index in [-0.39, 0.29) is 0 Å². The number of fused-ring (bicyclic) bond motifs is 1. The molecule has 0 spiro atoms. The lowest BCUT2D eigenvalue weighted by Gasteiger charge is -1.86. The molecule has 2 aromatic rings. The van der Waals surface area contributed by atoms with Gasteiger partial charge in [-0.15, -0.1) is 11.3 Å². The number of hydrogen-bond donors (Lipinski definition) is 1. The van der Waals surface area contributed by atoms with Gasteiger partial charge in [0.05, 0.1) is 0 Å². The Morgan fingerprint density at radius 3 is 2.21 bits per heavy atom. The van der Waals surface area contributed by atoms with Crippen molar-refractivity contribution in [1.82, 2.24) is 0 Å². The molecule has 2 heteroatoms. The van der Waals surface area contributed by atoms with Crippen LogP contribution in [0.25, 0.3) is 10.1 Å². The van der Waals surface area contributed by atoms with Crippen molar-refractivity contribution in [2.75, 3.05) is 7.11 Å². The van der Waals surface area contributed by atoms with Crippen LogP contribution in [0.1, 0.15) is 19.4 Å². The van der Waals surface area contributed by atoms with Crippen LogP contribution in [-0.2, 0) is 0 Å². The summed E-state index contributed by atoms with van der Waals surface area (Å²) >= 11 is 1.81. The zero-order valence-corrected chi connectivity index (χ0v) is 10.1. The van der Waals surface area contributed by atoms with Gasteiger partial charge >= 0.3 is 0 Å². The first-order valence-electron chi connectivity index (χ1n) is 4.75. The number of rotatable bonds is 0.